The Kier molecular flexibility index (Phi) is 5.29. The maximum atomic E-state index is 2.46. The highest BCUT2D eigenvalue weighted by Gasteiger charge is 2.35. The Hall–Kier alpha value is -2.84. The smallest absolute Gasteiger partial charge is 0.200 e. The van der Waals surface area contributed by atoms with Gasteiger partial charge >= 0.3 is 0 Å². The third-order valence-corrected chi connectivity index (χ3v) is 8.94. The second-order valence-corrected chi connectivity index (χ2v) is 13.2. The van der Waals surface area contributed by atoms with Crippen LogP contribution in [0.1, 0.15) is 56.9 Å². The van der Waals surface area contributed by atoms with E-state index in [1.807, 2.05) is 11.8 Å². The molecule has 0 unspecified atom stereocenters. The highest BCUT2D eigenvalue weighted by molar-refractivity contribution is 8.00. The van der Waals surface area contributed by atoms with Gasteiger partial charge in [-0.15, -0.1) is 0 Å². The maximum Gasteiger partial charge on any atom is 0.222 e. The Morgan fingerprint density at radius 3 is 2.33 bits per heavy atom. The van der Waals surface area contributed by atoms with E-state index in [1.54, 1.807) is 0 Å². The van der Waals surface area contributed by atoms with Crippen molar-refractivity contribution in [3.05, 3.63) is 77.0 Å². The largest absolute Gasteiger partial charge is 0.222 e. The molecule has 1 aliphatic rings. The Morgan fingerprint density at radius 2 is 1.61 bits per heavy atom. The summed E-state index contributed by atoms with van der Waals surface area (Å²) in [5, 5.41) is 8.27. The number of pyridine rings is 1. The van der Waals surface area contributed by atoms with Gasteiger partial charge in [0.05, 0.1) is 10.9 Å². The number of nitrogens with zero attached hydrogens (tertiary/aromatic N) is 1. The lowest BCUT2D eigenvalue weighted by atomic mass is 9.79. The van der Waals surface area contributed by atoms with E-state index in [4.69, 9.17) is 0 Å². The van der Waals surface area contributed by atoms with Crippen LogP contribution in [0.5, 0.6) is 0 Å². The van der Waals surface area contributed by atoms with Crippen LogP contribution in [-0.4, -0.2) is 0 Å². The zero-order valence-electron chi connectivity index (χ0n) is 22.8. The quantitative estimate of drug-likeness (QED) is 0.173. The molecule has 182 valence electrons. The fourth-order valence-electron chi connectivity index (χ4n) is 6.27. The van der Waals surface area contributed by atoms with E-state index in [0.717, 1.165) is 6.42 Å². The van der Waals surface area contributed by atoms with Crippen molar-refractivity contribution in [1.82, 2.24) is 0 Å². The van der Waals surface area contributed by atoms with Gasteiger partial charge in [0.1, 0.15) is 7.05 Å². The minimum Gasteiger partial charge on any atom is -0.200 e. The molecule has 5 aromatic rings. The van der Waals surface area contributed by atoms with Gasteiger partial charge < -0.3 is 0 Å². The number of rotatable bonds is 2. The van der Waals surface area contributed by atoms with Gasteiger partial charge in [-0.1, -0.05) is 88.3 Å². The lowest BCUT2D eigenvalue weighted by Gasteiger charge is -2.30. The Balaban J connectivity index is 1.77. The highest BCUT2D eigenvalue weighted by Crippen LogP contribution is 2.54. The molecule has 2 heteroatoms. The molecule has 0 radical (unpaired) electrons. The molecule has 0 bridgehead atoms. The van der Waals surface area contributed by atoms with Crippen LogP contribution >= 0.6 is 11.8 Å². The Morgan fingerprint density at radius 1 is 0.861 bits per heavy atom. The van der Waals surface area contributed by atoms with E-state index in [1.165, 1.54) is 75.6 Å². The van der Waals surface area contributed by atoms with Gasteiger partial charge in [0, 0.05) is 21.2 Å². The third-order valence-electron chi connectivity index (χ3n) is 7.78. The average molecular weight is 491 g/mol. The molecule has 2 heterocycles. The fourth-order valence-corrected chi connectivity index (χ4v) is 7.86. The number of aromatic nitrogens is 1. The first-order valence-corrected chi connectivity index (χ1v) is 14.0. The number of hydrogen-bond donors (Lipinski definition) is 0. The Bertz CT molecular complexity index is 1720. The van der Waals surface area contributed by atoms with Gasteiger partial charge in [-0.25, -0.2) is 4.57 Å². The van der Waals surface area contributed by atoms with Crippen LogP contribution in [0.3, 0.4) is 0 Å². The first kappa shape index (κ1) is 23.6. The summed E-state index contributed by atoms with van der Waals surface area (Å²) in [6.45, 7) is 16.2. The summed E-state index contributed by atoms with van der Waals surface area (Å²) in [5.74, 6) is 0.655. The van der Waals surface area contributed by atoms with E-state index < -0.39 is 0 Å². The molecule has 0 amide bonds. The lowest BCUT2D eigenvalue weighted by molar-refractivity contribution is -0.659. The van der Waals surface area contributed by atoms with Crippen LogP contribution in [0.15, 0.2) is 64.5 Å². The molecule has 1 nitrogen and oxygen atoms in total. The molecular formula is C34H36NS+. The second kappa shape index (κ2) is 8.08. The molecular weight excluding hydrogens is 454 g/mol. The first-order chi connectivity index (χ1) is 17.0. The summed E-state index contributed by atoms with van der Waals surface area (Å²) in [6, 6.07) is 18.9. The van der Waals surface area contributed by atoms with E-state index in [0.29, 0.717) is 5.92 Å². The Labute approximate surface area is 219 Å². The van der Waals surface area contributed by atoms with Crippen molar-refractivity contribution in [2.45, 2.75) is 70.1 Å². The zero-order chi connectivity index (χ0) is 25.5. The summed E-state index contributed by atoms with van der Waals surface area (Å²) in [4.78, 5) is 2.82. The van der Waals surface area contributed by atoms with Crippen molar-refractivity contribution < 1.29 is 4.57 Å². The fraction of sp³-hybridized carbons (Fsp3) is 0.324. The highest BCUT2D eigenvalue weighted by atomic mass is 32.2. The van der Waals surface area contributed by atoms with E-state index in [9.17, 15) is 0 Å². The molecule has 1 aliphatic heterocycles. The predicted octanol–water partition coefficient (Wildman–Crippen LogP) is 9.22. The van der Waals surface area contributed by atoms with Crippen LogP contribution in [-0.2, 0) is 18.9 Å². The minimum absolute atomic E-state index is 0.0313. The lowest BCUT2D eigenvalue weighted by Crippen LogP contribution is -2.32. The van der Waals surface area contributed by atoms with Crippen molar-refractivity contribution in [1.29, 1.82) is 0 Å². The molecule has 0 aliphatic carbocycles. The molecule has 36 heavy (non-hydrogen) atoms. The molecule has 0 spiro atoms. The summed E-state index contributed by atoms with van der Waals surface area (Å²) in [5.41, 5.74) is 8.42. The van der Waals surface area contributed by atoms with E-state index in [-0.39, 0.29) is 5.41 Å². The number of benzene rings is 4. The summed E-state index contributed by atoms with van der Waals surface area (Å²) in [6.07, 6.45) is 3.38. The normalized spacial score (nSPS) is 13.2. The van der Waals surface area contributed by atoms with Gasteiger partial charge in [-0.2, -0.15) is 0 Å². The van der Waals surface area contributed by atoms with Gasteiger partial charge in [-0.3, -0.25) is 0 Å². The van der Waals surface area contributed by atoms with Crippen LogP contribution in [0.4, 0.5) is 0 Å². The van der Waals surface area contributed by atoms with Gasteiger partial charge in [0.2, 0.25) is 5.69 Å². The molecule has 6 rings (SSSR count). The SMILES string of the molecule is Cc1ccc2c(C(C)(C)C)c3c(c(C)c2c1)-c1c2c(cc4cc(CC(C)C)ccc4c2cc[n+]1C)S3. The first-order valence-electron chi connectivity index (χ1n) is 13.2. The second-order valence-electron chi connectivity index (χ2n) is 12.2. The summed E-state index contributed by atoms with van der Waals surface area (Å²) < 4.78 is 2.35. The standard InChI is InChI=1S/C34H36NS/c1-19(2)15-22-10-12-24-23(17-22)18-28-30-25(24)13-14-35(8)32(30)29-21(4)27-16-20(3)9-11-26(27)31(33(29)36-28)34(5,6)7/h9-14,16-19H,15H2,1-8H3/q+1. The maximum absolute atomic E-state index is 2.46. The van der Waals surface area contributed by atoms with Crippen molar-refractivity contribution in [2.75, 3.05) is 0 Å². The summed E-state index contributed by atoms with van der Waals surface area (Å²) in [7, 11) is 2.21. The topological polar surface area (TPSA) is 3.88 Å². The van der Waals surface area contributed by atoms with Crippen LogP contribution in [0, 0.1) is 19.8 Å². The zero-order valence-corrected chi connectivity index (χ0v) is 23.7. The minimum atomic E-state index is 0.0313. The van der Waals surface area contributed by atoms with E-state index in [2.05, 4.69) is 115 Å². The average Bonchev–Trinajstić information content (AvgIpc) is 2.79. The molecule has 0 N–H and O–H groups in total. The van der Waals surface area contributed by atoms with Gasteiger partial charge in [0.25, 0.3) is 0 Å². The van der Waals surface area contributed by atoms with Gasteiger partial charge in [0.15, 0.2) is 6.20 Å². The number of hydrogen-bond acceptors (Lipinski definition) is 1. The predicted molar refractivity (Wildman–Crippen MR) is 156 cm³/mol. The molecule has 0 saturated heterocycles. The number of fused-ring (bicyclic) bond motifs is 5. The van der Waals surface area contributed by atoms with Crippen LogP contribution in [0.25, 0.3) is 43.6 Å². The van der Waals surface area contributed by atoms with Gasteiger partial charge in [-0.05, 0) is 75.9 Å². The van der Waals surface area contributed by atoms with Crippen molar-refractivity contribution in [3.8, 4) is 11.3 Å². The molecule has 0 fully saturated rings. The molecule has 1 aromatic heterocycles. The summed E-state index contributed by atoms with van der Waals surface area (Å²) >= 11 is 1.99. The number of aryl methyl sites for hydroxylation is 3. The molecule has 0 saturated carbocycles. The monoisotopic (exact) mass is 490 g/mol. The van der Waals surface area contributed by atoms with Crippen molar-refractivity contribution in [3.63, 3.8) is 0 Å². The molecule has 0 atom stereocenters. The molecule has 4 aromatic carbocycles. The van der Waals surface area contributed by atoms with E-state index >= 15 is 0 Å². The third kappa shape index (κ3) is 3.49. The van der Waals surface area contributed by atoms with Crippen molar-refractivity contribution >= 4 is 44.1 Å². The van der Waals surface area contributed by atoms with Crippen molar-refractivity contribution in [2.24, 2.45) is 13.0 Å². The van der Waals surface area contributed by atoms with Crippen LogP contribution < -0.4 is 4.57 Å². The van der Waals surface area contributed by atoms with Crippen LogP contribution in [0.2, 0.25) is 0 Å².